The highest BCUT2D eigenvalue weighted by molar-refractivity contribution is 7.86. The molecule has 0 saturated heterocycles. The van der Waals surface area contributed by atoms with Crippen LogP contribution in [0.25, 0.3) is 0 Å². The van der Waals surface area contributed by atoms with Gasteiger partial charge in [-0.15, -0.1) is 0 Å². The maximum atomic E-state index is 15.3. The normalized spacial score (nSPS) is 36.0. The van der Waals surface area contributed by atoms with Gasteiger partial charge in [0.05, 0.1) is 4.90 Å². The molecule has 0 spiro atoms. The van der Waals surface area contributed by atoms with Gasteiger partial charge in [-0.25, -0.2) is 8.78 Å². The van der Waals surface area contributed by atoms with Crippen LogP contribution in [0, 0.1) is 24.2 Å². The second kappa shape index (κ2) is 6.91. The number of hydrogen-bond donors (Lipinski definition) is 0. The summed E-state index contributed by atoms with van der Waals surface area (Å²) in [4.78, 5) is -0.0237. The van der Waals surface area contributed by atoms with E-state index in [0.29, 0.717) is 18.8 Å². The molecule has 2 bridgehead atoms. The van der Waals surface area contributed by atoms with Crippen LogP contribution in [0.3, 0.4) is 0 Å². The molecule has 0 heterocycles. The van der Waals surface area contributed by atoms with Crippen molar-refractivity contribution in [1.82, 2.24) is 0 Å². The van der Waals surface area contributed by atoms with E-state index in [1.807, 2.05) is 6.92 Å². The summed E-state index contributed by atoms with van der Waals surface area (Å²) in [5, 5.41) is 0. The fourth-order valence-electron chi connectivity index (χ4n) is 5.44. The fraction of sp³-hybridized carbons (Fsp3) is 0.636. The van der Waals surface area contributed by atoms with Crippen LogP contribution in [-0.2, 0) is 14.3 Å². The lowest BCUT2D eigenvalue weighted by molar-refractivity contribution is -0.0559. The van der Waals surface area contributed by atoms with Crippen molar-refractivity contribution in [2.24, 2.45) is 17.3 Å². The van der Waals surface area contributed by atoms with E-state index in [9.17, 15) is 8.42 Å². The Hall–Kier alpha value is -1.27. The molecule has 5 rings (SSSR count). The third-order valence-corrected chi connectivity index (χ3v) is 8.74. The summed E-state index contributed by atoms with van der Waals surface area (Å²) in [6.07, 6.45) is 5.25. The molecule has 28 heavy (non-hydrogen) atoms. The van der Waals surface area contributed by atoms with Crippen LogP contribution < -0.4 is 0 Å². The summed E-state index contributed by atoms with van der Waals surface area (Å²) >= 11 is 0. The lowest BCUT2D eigenvalue weighted by Gasteiger charge is -2.53. The topological polar surface area (TPSA) is 43.4 Å². The van der Waals surface area contributed by atoms with Crippen molar-refractivity contribution in [1.29, 1.82) is 0 Å². The molecule has 1 aromatic rings. The predicted molar refractivity (Wildman–Crippen MR) is 103 cm³/mol. The van der Waals surface area contributed by atoms with Gasteiger partial charge in [-0.05, 0) is 69.4 Å². The number of aryl methyl sites for hydroxylation is 1. The van der Waals surface area contributed by atoms with Crippen molar-refractivity contribution in [2.45, 2.75) is 75.7 Å². The van der Waals surface area contributed by atoms with E-state index in [-0.39, 0.29) is 23.7 Å². The molecule has 0 unspecified atom stereocenters. The molecule has 0 atom stereocenters. The maximum Gasteiger partial charge on any atom is 0.297 e. The first kappa shape index (κ1) is 20.0. The second-order valence-electron chi connectivity index (χ2n) is 9.09. The van der Waals surface area contributed by atoms with E-state index in [1.165, 1.54) is 12.1 Å². The third-order valence-electron chi connectivity index (χ3n) is 7.36. The quantitative estimate of drug-likeness (QED) is 0.573. The number of halogens is 2. The van der Waals surface area contributed by atoms with Gasteiger partial charge in [0, 0.05) is 5.41 Å². The predicted octanol–water partition coefficient (Wildman–Crippen LogP) is 5.99. The van der Waals surface area contributed by atoms with Crippen LogP contribution in [0.1, 0.15) is 63.9 Å². The van der Waals surface area contributed by atoms with Gasteiger partial charge in [-0.3, -0.25) is 4.18 Å². The minimum Gasteiger partial charge on any atom is -0.252 e. The van der Waals surface area contributed by atoms with Crippen molar-refractivity contribution in [3.63, 3.8) is 0 Å². The van der Waals surface area contributed by atoms with Crippen LogP contribution in [0.5, 0.6) is 0 Å². The number of fused-ring (bicyclic) bond motifs is 2. The van der Waals surface area contributed by atoms with Gasteiger partial charge in [0.15, 0.2) is 5.83 Å². The first-order valence-corrected chi connectivity index (χ1v) is 11.7. The Morgan fingerprint density at radius 1 is 0.929 bits per heavy atom. The van der Waals surface area contributed by atoms with E-state index in [2.05, 4.69) is 6.92 Å². The molecule has 0 aromatic heterocycles. The Kier molecular flexibility index (Phi) is 4.94. The molecule has 3 nitrogen and oxygen atoms in total. The highest BCUT2D eigenvalue weighted by Crippen LogP contribution is 2.63. The second-order valence-corrected chi connectivity index (χ2v) is 10.6. The lowest BCUT2D eigenvalue weighted by Crippen LogP contribution is -2.52. The van der Waals surface area contributed by atoms with Gasteiger partial charge >= 0.3 is 0 Å². The molecule has 6 heteroatoms. The molecule has 154 valence electrons. The largest absolute Gasteiger partial charge is 0.297 e. The molecule has 4 aliphatic rings. The van der Waals surface area contributed by atoms with Crippen LogP contribution >= 0.6 is 0 Å². The summed E-state index contributed by atoms with van der Waals surface area (Å²) in [6, 6.07) is 6.21. The van der Waals surface area contributed by atoms with E-state index >= 15 is 8.78 Å². The number of hydrogen-bond acceptors (Lipinski definition) is 3. The Morgan fingerprint density at radius 2 is 1.50 bits per heavy atom. The van der Waals surface area contributed by atoms with Crippen LogP contribution in [0.4, 0.5) is 8.78 Å². The molecule has 0 aliphatic heterocycles. The number of benzene rings is 1. The third kappa shape index (κ3) is 3.13. The highest BCUT2D eigenvalue weighted by atomic mass is 32.2. The summed E-state index contributed by atoms with van der Waals surface area (Å²) < 4.78 is 61.4. The number of allylic oxidation sites excluding steroid dienone is 1. The van der Waals surface area contributed by atoms with Crippen molar-refractivity contribution < 1.29 is 21.4 Å². The van der Waals surface area contributed by atoms with Crippen molar-refractivity contribution in [3.05, 3.63) is 41.5 Å². The van der Waals surface area contributed by atoms with Crippen LogP contribution in [0.15, 0.2) is 40.8 Å². The van der Waals surface area contributed by atoms with Crippen molar-refractivity contribution in [3.8, 4) is 0 Å². The van der Waals surface area contributed by atoms with E-state index in [4.69, 9.17) is 4.18 Å². The highest BCUT2D eigenvalue weighted by Gasteiger charge is 2.60. The van der Waals surface area contributed by atoms with Gasteiger partial charge in [0.1, 0.15) is 11.4 Å². The maximum absolute atomic E-state index is 15.3. The van der Waals surface area contributed by atoms with Gasteiger partial charge in [0.2, 0.25) is 0 Å². The zero-order chi connectivity index (χ0) is 20.2. The molecule has 2 saturated carbocycles. The Bertz CT molecular complexity index is 873. The average molecular weight is 411 g/mol. The molecular weight excluding hydrogens is 382 g/mol. The molecular formula is C22H28F2O3S. The van der Waals surface area contributed by atoms with Crippen LogP contribution in [-0.4, -0.2) is 14.0 Å². The molecule has 4 aliphatic carbocycles. The first-order chi connectivity index (χ1) is 13.2. The standard InChI is InChI=1S/C22H28F2O3S/c1-15-3-7-17(8-4-15)21-11-13-22(14-12-21,20(24)19(21)23)27-28(25,26)18-9-5-16(2)6-10-18/h5-6,9-10,15,17H,3-4,7-8,11-14H2,1-2H3. The zero-order valence-corrected chi connectivity index (χ0v) is 17.3. The smallest absolute Gasteiger partial charge is 0.252 e. The fourth-order valence-corrected chi connectivity index (χ4v) is 6.67. The minimum atomic E-state index is -4.17. The van der Waals surface area contributed by atoms with E-state index in [0.717, 1.165) is 31.2 Å². The van der Waals surface area contributed by atoms with Gasteiger partial charge in [-0.1, -0.05) is 37.5 Å². The van der Waals surface area contributed by atoms with Crippen molar-refractivity contribution in [2.75, 3.05) is 0 Å². The molecule has 2 fully saturated rings. The van der Waals surface area contributed by atoms with Gasteiger partial charge in [0.25, 0.3) is 10.1 Å². The van der Waals surface area contributed by atoms with E-state index < -0.39 is 32.8 Å². The SMILES string of the molecule is Cc1ccc(S(=O)(=O)OC23CCC(C4CCC(C)CC4)(CC2)C(F)=C3F)cc1. The molecule has 1 aromatic carbocycles. The summed E-state index contributed by atoms with van der Waals surface area (Å²) in [5.41, 5.74) is -1.53. The zero-order valence-electron chi connectivity index (χ0n) is 16.5. The van der Waals surface area contributed by atoms with Gasteiger partial charge in [-0.2, -0.15) is 8.42 Å². The van der Waals surface area contributed by atoms with Gasteiger partial charge < -0.3 is 0 Å². The summed E-state index contributed by atoms with van der Waals surface area (Å²) in [7, 11) is -4.17. The Morgan fingerprint density at radius 3 is 2.07 bits per heavy atom. The molecule has 0 amide bonds. The summed E-state index contributed by atoms with van der Waals surface area (Å²) in [6.45, 7) is 4.05. The molecule has 0 radical (unpaired) electrons. The van der Waals surface area contributed by atoms with Crippen molar-refractivity contribution >= 4 is 10.1 Å². The monoisotopic (exact) mass is 410 g/mol. The minimum absolute atomic E-state index is 0.0237. The molecule has 0 N–H and O–H groups in total. The van der Waals surface area contributed by atoms with Crippen LogP contribution in [0.2, 0.25) is 0 Å². The van der Waals surface area contributed by atoms with E-state index in [1.54, 1.807) is 12.1 Å². The summed E-state index contributed by atoms with van der Waals surface area (Å²) in [5.74, 6) is -0.955. The Balaban J connectivity index is 1.63. The average Bonchev–Trinajstić information content (AvgIpc) is 2.67. The number of rotatable bonds is 4. The first-order valence-electron chi connectivity index (χ1n) is 10.3. The Labute approximate surface area is 166 Å². The lowest BCUT2D eigenvalue weighted by atomic mass is 9.54.